The van der Waals surface area contributed by atoms with Crippen LogP contribution in [0.2, 0.25) is 0 Å². The fraction of sp³-hybridized carbons (Fsp3) is 0.375. The monoisotopic (exact) mass is 470 g/mol. The molecule has 0 amide bonds. The maximum absolute atomic E-state index is 6.49. The molecule has 0 N–H and O–H groups in total. The lowest BCUT2D eigenvalue weighted by atomic mass is 10.00. The zero-order valence-corrected chi connectivity index (χ0v) is 21.2. The van der Waals surface area contributed by atoms with Crippen molar-refractivity contribution in [3.63, 3.8) is 0 Å². The third-order valence-electron chi connectivity index (χ3n) is 6.36. The lowest BCUT2D eigenvalue weighted by Gasteiger charge is -2.19. The molecule has 0 aliphatic heterocycles. The first-order valence-corrected chi connectivity index (χ1v) is 13.3. The van der Waals surface area contributed by atoms with Crippen molar-refractivity contribution in [2.75, 3.05) is 13.2 Å². The van der Waals surface area contributed by atoms with Crippen LogP contribution in [0.15, 0.2) is 72.8 Å². The van der Waals surface area contributed by atoms with Crippen LogP contribution in [0, 0.1) is 0 Å². The van der Waals surface area contributed by atoms with Gasteiger partial charge in [-0.25, -0.2) is 0 Å². The molecule has 4 rings (SSSR count). The average Bonchev–Trinajstić information content (AvgIpc) is 2.89. The van der Waals surface area contributed by atoms with Gasteiger partial charge < -0.3 is 14.2 Å². The van der Waals surface area contributed by atoms with E-state index in [1.807, 2.05) is 36.4 Å². The zero-order valence-electron chi connectivity index (χ0n) is 21.2. The highest BCUT2D eigenvalue weighted by molar-refractivity contribution is 6.11. The van der Waals surface area contributed by atoms with E-state index in [-0.39, 0.29) is 0 Å². The van der Waals surface area contributed by atoms with Gasteiger partial charge in [0.1, 0.15) is 23.0 Å². The molecule has 184 valence electrons. The second-order valence-corrected chi connectivity index (χ2v) is 9.14. The minimum Gasteiger partial charge on any atom is -0.492 e. The normalized spacial score (nSPS) is 11.1. The molecule has 0 aliphatic rings. The van der Waals surface area contributed by atoms with Crippen LogP contribution in [0.4, 0.5) is 0 Å². The average molecular weight is 471 g/mol. The fourth-order valence-corrected chi connectivity index (χ4v) is 4.48. The number of benzene rings is 4. The summed E-state index contributed by atoms with van der Waals surface area (Å²) in [5, 5.41) is 4.31. The van der Waals surface area contributed by atoms with Crippen LogP contribution < -0.4 is 14.2 Å². The number of hydrogen-bond donors (Lipinski definition) is 0. The van der Waals surface area contributed by atoms with Crippen molar-refractivity contribution in [1.29, 1.82) is 0 Å². The first-order valence-electron chi connectivity index (χ1n) is 13.3. The molecule has 0 fully saturated rings. The van der Waals surface area contributed by atoms with Gasteiger partial charge in [-0.05, 0) is 43.2 Å². The molecule has 0 spiro atoms. The molecule has 35 heavy (non-hydrogen) atoms. The van der Waals surface area contributed by atoms with Crippen molar-refractivity contribution in [2.24, 2.45) is 0 Å². The van der Waals surface area contributed by atoms with E-state index in [2.05, 4.69) is 50.2 Å². The summed E-state index contributed by atoms with van der Waals surface area (Å²) in [4.78, 5) is 0. The summed E-state index contributed by atoms with van der Waals surface area (Å²) in [6.07, 6.45) is 9.43. The third-order valence-corrected chi connectivity index (χ3v) is 6.36. The minimum absolute atomic E-state index is 0.708. The quantitative estimate of drug-likeness (QED) is 0.136. The lowest BCUT2D eigenvalue weighted by Crippen LogP contribution is -2.02. The van der Waals surface area contributed by atoms with Gasteiger partial charge in [-0.3, -0.25) is 0 Å². The van der Waals surface area contributed by atoms with Gasteiger partial charge in [-0.1, -0.05) is 94.8 Å². The summed E-state index contributed by atoms with van der Waals surface area (Å²) in [6.45, 7) is 5.90. The number of hydrogen-bond acceptors (Lipinski definition) is 3. The molecule has 0 aromatic heterocycles. The highest BCUT2D eigenvalue weighted by Crippen LogP contribution is 2.44. The largest absolute Gasteiger partial charge is 0.492 e. The van der Waals surface area contributed by atoms with Crippen LogP contribution in [0.25, 0.3) is 21.5 Å². The number of ether oxygens (including phenoxy) is 3. The van der Waals surface area contributed by atoms with Gasteiger partial charge in [0.05, 0.1) is 13.2 Å². The van der Waals surface area contributed by atoms with Gasteiger partial charge in [0.25, 0.3) is 0 Å². The number of rotatable bonds is 14. The van der Waals surface area contributed by atoms with Gasteiger partial charge >= 0.3 is 0 Å². The number of fused-ring (bicyclic) bond motifs is 2. The van der Waals surface area contributed by atoms with Crippen LogP contribution >= 0.6 is 0 Å². The Balaban J connectivity index is 1.73. The second-order valence-electron chi connectivity index (χ2n) is 9.14. The summed E-state index contributed by atoms with van der Waals surface area (Å²) < 4.78 is 19.1. The van der Waals surface area contributed by atoms with Crippen LogP contribution in [0.5, 0.6) is 23.0 Å². The lowest BCUT2D eigenvalue weighted by molar-refractivity contribution is 0.307. The molecule has 0 saturated heterocycles. The predicted molar refractivity (Wildman–Crippen MR) is 147 cm³/mol. The van der Waals surface area contributed by atoms with Gasteiger partial charge in [0, 0.05) is 21.5 Å². The van der Waals surface area contributed by atoms with Crippen LogP contribution in [0.1, 0.15) is 65.2 Å². The molecule has 3 heteroatoms. The molecule has 4 aromatic rings. The Morgan fingerprint density at radius 1 is 0.486 bits per heavy atom. The Morgan fingerprint density at radius 2 is 1.03 bits per heavy atom. The molecule has 0 aliphatic carbocycles. The summed E-state index contributed by atoms with van der Waals surface area (Å²) >= 11 is 0. The van der Waals surface area contributed by atoms with E-state index in [9.17, 15) is 0 Å². The molecule has 0 radical (unpaired) electrons. The van der Waals surface area contributed by atoms with E-state index in [0.29, 0.717) is 6.61 Å². The highest BCUT2D eigenvalue weighted by atomic mass is 16.5. The number of unbranched alkanes of at least 4 members (excludes halogenated alkanes) is 6. The molecule has 0 bridgehead atoms. The van der Waals surface area contributed by atoms with Crippen molar-refractivity contribution >= 4 is 21.5 Å². The Morgan fingerprint density at radius 3 is 1.63 bits per heavy atom. The van der Waals surface area contributed by atoms with E-state index in [1.165, 1.54) is 38.5 Å². The fourth-order valence-electron chi connectivity index (χ4n) is 4.48. The summed E-state index contributed by atoms with van der Waals surface area (Å²) in [5.74, 6) is 3.48. The van der Waals surface area contributed by atoms with Crippen molar-refractivity contribution in [3.05, 3.63) is 72.8 Å². The first kappa shape index (κ1) is 24.9. The summed E-state index contributed by atoms with van der Waals surface area (Å²) in [6, 6.07) is 24.6. The van der Waals surface area contributed by atoms with Gasteiger partial charge in [0.15, 0.2) is 0 Å². The van der Waals surface area contributed by atoms with E-state index >= 15 is 0 Å². The van der Waals surface area contributed by atoms with Crippen molar-refractivity contribution < 1.29 is 14.2 Å². The molecule has 0 saturated carbocycles. The van der Waals surface area contributed by atoms with Crippen LogP contribution in [-0.2, 0) is 0 Å². The van der Waals surface area contributed by atoms with E-state index in [1.54, 1.807) is 0 Å². The molecule has 0 atom stereocenters. The first-order chi connectivity index (χ1) is 17.3. The predicted octanol–water partition coefficient (Wildman–Crippen LogP) is 9.70. The zero-order chi connectivity index (χ0) is 24.3. The Hall–Kier alpha value is -3.20. The third kappa shape index (κ3) is 6.48. The number of para-hydroxylation sites is 1. The molecule has 0 unspecified atom stereocenters. The van der Waals surface area contributed by atoms with E-state index < -0.39 is 0 Å². The molecule has 4 aromatic carbocycles. The summed E-state index contributed by atoms with van der Waals surface area (Å²) in [7, 11) is 0. The SMILES string of the molecule is CCCCCCOc1c2ccccc2c(OCCCCCC)c2cc(Oc3ccccc3)ccc12. The van der Waals surface area contributed by atoms with E-state index in [4.69, 9.17) is 14.2 Å². The second kappa shape index (κ2) is 13.0. The van der Waals surface area contributed by atoms with Gasteiger partial charge in [0.2, 0.25) is 0 Å². The standard InChI is InChI=1S/C32H38O3/c1-3-5-7-14-22-33-31-27-18-12-13-19-28(27)32(34-23-15-8-6-4-2)30-24-26(20-21-29(30)31)35-25-16-10-9-11-17-25/h9-13,16-21,24H,3-8,14-15,22-23H2,1-2H3. The maximum atomic E-state index is 6.49. The minimum atomic E-state index is 0.708. The smallest absolute Gasteiger partial charge is 0.135 e. The summed E-state index contributed by atoms with van der Waals surface area (Å²) in [5.41, 5.74) is 0. The van der Waals surface area contributed by atoms with Crippen LogP contribution in [-0.4, -0.2) is 13.2 Å². The Labute approximate surface area is 210 Å². The Kier molecular flexibility index (Phi) is 9.28. The van der Waals surface area contributed by atoms with Crippen molar-refractivity contribution in [3.8, 4) is 23.0 Å². The van der Waals surface area contributed by atoms with Crippen LogP contribution in [0.3, 0.4) is 0 Å². The molecular formula is C32H38O3. The molecule has 3 nitrogen and oxygen atoms in total. The topological polar surface area (TPSA) is 27.7 Å². The van der Waals surface area contributed by atoms with E-state index in [0.717, 1.165) is 64.0 Å². The molecule has 0 heterocycles. The van der Waals surface area contributed by atoms with Gasteiger partial charge in [-0.2, -0.15) is 0 Å². The Bertz CT molecular complexity index is 1200. The van der Waals surface area contributed by atoms with Crippen molar-refractivity contribution in [1.82, 2.24) is 0 Å². The van der Waals surface area contributed by atoms with Gasteiger partial charge in [-0.15, -0.1) is 0 Å². The molecular weight excluding hydrogens is 432 g/mol. The maximum Gasteiger partial charge on any atom is 0.135 e. The van der Waals surface area contributed by atoms with Crippen molar-refractivity contribution in [2.45, 2.75) is 65.2 Å². The highest BCUT2D eigenvalue weighted by Gasteiger charge is 2.17.